The highest BCUT2D eigenvalue weighted by atomic mass is 16.5. The average molecular weight is 168 g/mol. The molecule has 0 aromatic rings. The quantitative estimate of drug-likeness (QED) is 0.368. The first-order valence-corrected chi connectivity index (χ1v) is 3.87. The molecule has 68 valence electrons. The molecule has 0 aliphatic carbocycles. The van der Waals surface area contributed by atoms with Crippen LogP contribution in [0.2, 0.25) is 0 Å². The van der Waals surface area contributed by atoms with E-state index in [-0.39, 0.29) is 5.41 Å². The van der Waals surface area contributed by atoms with Crippen molar-refractivity contribution in [3.63, 3.8) is 0 Å². The van der Waals surface area contributed by atoms with E-state index in [9.17, 15) is 4.79 Å². The Bertz CT molecular complexity index is 206. The standard InChI is InChI=1S/C10H16O2/c1-6-9(12-7-11)8(2)10(3,4)5/h6-7H,1H2,2-5H3/b9-8-. The molecule has 0 N–H and O–H groups in total. The fourth-order valence-electron chi connectivity index (χ4n) is 0.711. The van der Waals surface area contributed by atoms with E-state index in [0.717, 1.165) is 5.57 Å². The third-order valence-electron chi connectivity index (χ3n) is 1.86. The molecule has 0 aromatic heterocycles. The zero-order valence-electron chi connectivity index (χ0n) is 8.18. The molecule has 0 amide bonds. The van der Waals surface area contributed by atoms with Gasteiger partial charge in [-0.1, -0.05) is 27.4 Å². The summed E-state index contributed by atoms with van der Waals surface area (Å²) in [5, 5.41) is 0. The summed E-state index contributed by atoms with van der Waals surface area (Å²) in [6, 6.07) is 0. The summed E-state index contributed by atoms with van der Waals surface area (Å²) in [6.45, 7) is 12.1. The van der Waals surface area contributed by atoms with Gasteiger partial charge in [-0.15, -0.1) is 0 Å². The van der Waals surface area contributed by atoms with Gasteiger partial charge in [0.15, 0.2) is 0 Å². The smallest absolute Gasteiger partial charge is 0.298 e. The van der Waals surface area contributed by atoms with Gasteiger partial charge in [-0.05, 0) is 24.0 Å². The van der Waals surface area contributed by atoms with Crippen LogP contribution in [0.15, 0.2) is 24.0 Å². The van der Waals surface area contributed by atoms with Crippen LogP contribution in [0.5, 0.6) is 0 Å². The second-order valence-electron chi connectivity index (χ2n) is 3.66. The van der Waals surface area contributed by atoms with Crippen molar-refractivity contribution in [1.29, 1.82) is 0 Å². The summed E-state index contributed by atoms with van der Waals surface area (Å²) in [6.07, 6.45) is 1.55. The van der Waals surface area contributed by atoms with E-state index >= 15 is 0 Å². The van der Waals surface area contributed by atoms with Crippen molar-refractivity contribution >= 4 is 6.47 Å². The predicted octanol–water partition coefficient (Wildman–Crippen LogP) is 2.67. The van der Waals surface area contributed by atoms with Gasteiger partial charge in [-0.3, -0.25) is 4.79 Å². The topological polar surface area (TPSA) is 26.3 Å². The highest BCUT2D eigenvalue weighted by Gasteiger charge is 2.16. The summed E-state index contributed by atoms with van der Waals surface area (Å²) >= 11 is 0. The third-order valence-corrected chi connectivity index (χ3v) is 1.86. The lowest BCUT2D eigenvalue weighted by molar-refractivity contribution is -0.124. The Morgan fingerprint density at radius 2 is 1.92 bits per heavy atom. The van der Waals surface area contributed by atoms with Crippen LogP contribution >= 0.6 is 0 Å². The molecule has 2 heteroatoms. The summed E-state index contributed by atoms with van der Waals surface area (Å²) in [7, 11) is 0. The average Bonchev–Trinajstić information content (AvgIpc) is 1.97. The monoisotopic (exact) mass is 168 g/mol. The summed E-state index contributed by atoms with van der Waals surface area (Å²) in [4.78, 5) is 10.1. The summed E-state index contributed by atoms with van der Waals surface area (Å²) < 4.78 is 4.76. The SMILES string of the molecule is C=C/C(OC=O)=C(\C)C(C)(C)C. The second kappa shape index (κ2) is 4.10. The van der Waals surface area contributed by atoms with Gasteiger partial charge in [0.25, 0.3) is 6.47 Å². The molecule has 0 bridgehead atoms. The van der Waals surface area contributed by atoms with Gasteiger partial charge in [0.1, 0.15) is 5.76 Å². The Morgan fingerprint density at radius 1 is 1.42 bits per heavy atom. The maximum Gasteiger partial charge on any atom is 0.298 e. The largest absolute Gasteiger partial charge is 0.429 e. The van der Waals surface area contributed by atoms with Crippen molar-refractivity contribution in [2.75, 3.05) is 0 Å². The van der Waals surface area contributed by atoms with Gasteiger partial charge in [-0.25, -0.2) is 0 Å². The third kappa shape index (κ3) is 2.91. The van der Waals surface area contributed by atoms with Crippen LogP contribution in [-0.4, -0.2) is 6.47 Å². The molecule has 0 unspecified atom stereocenters. The highest BCUT2D eigenvalue weighted by molar-refractivity contribution is 5.42. The lowest BCUT2D eigenvalue weighted by Crippen LogP contribution is -2.09. The van der Waals surface area contributed by atoms with Crippen molar-refractivity contribution in [3.05, 3.63) is 24.0 Å². The Kier molecular flexibility index (Phi) is 3.74. The Hall–Kier alpha value is -1.05. The van der Waals surface area contributed by atoms with E-state index in [4.69, 9.17) is 4.74 Å². The zero-order chi connectivity index (χ0) is 9.78. The predicted molar refractivity (Wildman–Crippen MR) is 49.5 cm³/mol. The Labute approximate surface area is 73.9 Å². The molecular formula is C10H16O2. The first-order valence-electron chi connectivity index (χ1n) is 3.87. The molecule has 0 spiro atoms. The van der Waals surface area contributed by atoms with Gasteiger partial charge in [0.2, 0.25) is 0 Å². The van der Waals surface area contributed by atoms with Crippen molar-refractivity contribution in [1.82, 2.24) is 0 Å². The molecule has 0 rings (SSSR count). The summed E-state index contributed by atoms with van der Waals surface area (Å²) in [5.74, 6) is 0.553. The Balaban J connectivity index is 4.83. The van der Waals surface area contributed by atoms with Crippen LogP contribution in [0.3, 0.4) is 0 Å². The maximum atomic E-state index is 10.1. The van der Waals surface area contributed by atoms with Crippen molar-refractivity contribution in [2.45, 2.75) is 27.7 Å². The van der Waals surface area contributed by atoms with Gasteiger partial charge in [0, 0.05) is 0 Å². The van der Waals surface area contributed by atoms with Crippen molar-refractivity contribution in [2.24, 2.45) is 5.41 Å². The molecule has 0 radical (unpaired) electrons. The molecule has 0 aromatic carbocycles. The first kappa shape index (κ1) is 11.0. The lowest BCUT2D eigenvalue weighted by atomic mass is 9.87. The van der Waals surface area contributed by atoms with E-state index in [0.29, 0.717) is 12.2 Å². The molecule has 0 saturated carbocycles. The minimum Gasteiger partial charge on any atom is -0.429 e. The molecule has 2 nitrogen and oxygen atoms in total. The fourth-order valence-corrected chi connectivity index (χ4v) is 0.711. The fraction of sp³-hybridized carbons (Fsp3) is 0.500. The minimum absolute atomic E-state index is 0.00648. The molecule has 0 fully saturated rings. The number of hydrogen-bond acceptors (Lipinski definition) is 2. The Morgan fingerprint density at radius 3 is 2.17 bits per heavy atom. The summed E-state index contributed by atoms with van der Waals surface area (Å²) in [5.41, 5.74) is 1.02. The molecule has 0 saturated heterocycles. The maximum absolute atomic E-state index is 10.1. The van der Waals surface area contributed by atoms with Crippen molar-refractivity contribution < 1.29 is 9.53 Å². The van der Waals surface area contributed by atoms with E-state index < -0.39 is 0 Å². The van der Waals surface area contributed by atoms with E-state index in [1.807, 2.05) is 6.92 Å². The van der Waals surface area contributed by atoms with E-state index in [1.165, 1.54) is 0 Å². The molecule has 0 atom stereocenters. The number of ether oxygens (including phenoxy) is 1. The first-order chi connectivity index (χ1) is 5.43. The van der Waals surface area contributed by atoms with Gasteiger partial charge in [-0.2, -0.15) is 0 Å². The van der Waals surface area contributed by atoms with Gasteiger partial charge >= 0.3 is 0 Å². The second-order valence-corrected chi connectivity index (χ2v) is 3.66. The van der Waals surface area contributed by atoms with Crippen LogP contribution in [0.4, 0.5) is 0 Å². The lowest BCUT2D eigenvalue weighted by Gasteiger charge is -2.21. The highest BCUT2D eigenvalue weighted by Crippen LogP contribution is 2.27. The molecular weight excluding hydrogens is 152 g/mol. The normalized spacial score (nSPS) is 13.3. The van der Waals surface area contributed by atoms with Gasteiger partial charge in [0.05, 0.1) is 0 Å². The van der Waals surface area contributed by atoms with E-state index in [2.05, 4.69) is 27.4 Å². The van der Waals surface area contributed by atoms with E-state index in [1.54, 1.807) is 6.08 Å². The number of hydrogen-bond donors (Lipinski definition) is 0. The molecule has 12 heavy (non-hydrogen) atoms. The van der Waals surface area contributed by atoms with Crippen LogP contribution in [-0.2, 0) is 9.53 Å². The van der Waals surface area contributed by atoms with Gasteiger partial charge < -0.3 is 4.74 Å². The van der Waals surface area contributed by atoms with Crippen LogP contribution in [0.1, 0.15) is 27.7 Å². The number of carbonyl (C=O) groups is 1. The zero-order valence-corrected chi connectivity index (χ0v) is 8.18. The van der Waals surface area contributed by atoms with Crippen LogP contribution in [0.25, 0.3) is 0 Å². The number of rotatable bonds is 3. The molecule has 0 aliphatic heterocycles. The van der Waals surface area contributed by atoms with Crippen molar-refractivity contribution in [3.8, 4) is 0 Å². The van der Waals surface area contributed by atoms with Crippen LogP contribution < -0.4 is 0 Å². The van der Waals surface area contributed by atoms with Crippen LogP contribution in [0, 0.1) is 5.41 Å². The molecule has 0 aliphatic rings. The minimum atomic E-state index is 0.00648. The molecule has 0 heterocycles. The number of allylic oxidation sites excluding steroid dienone is 2. The number of carbonyl (C=O) groups excluding carboxylic acids is 1.